The zero-order valence-corrected chi connectivity index (χ0v) is 36.2. The SMILES string of the molecule is C1CCOC1.CC(C)(C)[O-].CCOC(=O)CCSc1ccccc1-c1nc(Cl)c(Cl)nc1Cl.Clc1nc2sc3ccccc3c2nc1Cl.[K+]. The number of carbonyl (C=O) groups is 1. The molecule has 1 fully saturated rings. The summed E-state index contributed by atoms with van der Waals surface area (Å²) in [5.41, 5.74) is 1.32. The third-order valence-corrected chi connectivity index (χ3v) is 9.38. The first-order valence-electron chi connectivity index (χ1n) is 14.8. The number of ether oxygens (including phenoxy) is 2. The molecule has 0 radical (unpaired) electrons. The molecule has 0 atom stereocenters. The fraction of sp³-hybridized carbons (Fsp3) is 0.364. The number of thiophene rings is 1. The molecule has 16 heteroatoms. The Balaban J connectivity index is 0.000000271. The van der Waals surface area contributed by atoms with Gasteiger partial charge in [-0.15, -0.1) is 28.7 Å². The largest absolute Gasteiger partial charge is 1.00 e. The second-order valence-electron chi connectivity index (χ2n) is 10.8. The van der Waals surface area contributed by atoms with Gasteiger partial charge in [0.25, 0.3) is 0 Å². The average Bonchev–Trinajstić information content (AvgIpc) is 3.72. The van der Waals surface area contributed by atoms with E-state index in [1.807, 2.05) is 48.5 Å². The standard InChI is InChI=1S/C15H13Cl3N2O2S.C10H4Cl2N2S.C4H8O.C4H9O.K/c1-2-22-11(21)7-8-23-10-6-4-3-5-9(10)12-13(16)20-15(18)14(17)19-12;11-8-9(12)14-10-7(13-8)5-3-1-2-4-6(5)15-10;1-2-4-5-3-1;1-4(2,3)5;/h3-6H,2,7-8H2,1H3;1-4H;1-4H2;1-3H3;/q;;;-1;+1. The monoisotopic (exact) mass is 828 g/mol. The number of rotatable bonds is 6. The van der Waals surface area contributed by atoms with Crippen molar-refractivity contribution >= 4 is 108 Å². The van der Waals surface area contributed by atoms with Crippen LogP contribution in [-0.2, 0) is 14.3 Å². The number of esters is 1. The first-order chi connectivity index (χ1) is 22.8. The number of carbonyl (C=O) groups excluding carboxylic acids is 1. The minimum Gasteiger partial charge on any atom is -0.850 e. The Morgan fingerprint density at radius 1 is 0.878 bits per heavy atom. The molecule has 0 N–H and O–H groups in total. The first kappa shape index (κ1) is 44.8. The molecule has 4 heterocycles. The van der Waals surface area contributed by atoms with Crippen LogP contribution in [0.15, 0.2) is 53.4 Å². The Morgan fingerprint density at radius 3 is 2.08 bits per heavy atom. The van der Waals surface area contributed by atoms with Crippen LogP contribution in [0, 0.1) is 0 Å². The predicted molar refractivity (Wildman–Crippen MR) is 199 cm³/mol. The van der Waals surface area contributed by atoms with Crippen molar-refractivity contribution in [2.45, 2.75) is 57.5 Å². The van der Waals surface area contributed by atoms with Gasteiger partial charge in [-0.2, -0.15) is 0 Å². The molecular formula is C33H34Cl5KN4O4S2. The zero-order valence-electron chi connectivity index (χ0n) is 27.7. The molecule has 0 spiro atoms. The molecule has 1 aliphatic heterocycles. The number of hydrogen-bond acceptors (Lipinski definition) is 10. The zero-order chi connectivity index (χ0) is 35.3. The van der Waals surface area contributed by atoms with E-state index in [-0.39, 0.29) is 83.1 Å². The molecule has 0 aliphatic carbocycles. The molecular weight excluding hydrogens is 797 g/mol. The van der Waals surface area contributed by atoms with Crippen molar-refractivity contribution in [1.29, 1.82) is 0 Å². The number of thioether (sulfide) groups is 1. The van der Waals surface area contributed by atoms with Crippen LogP contribution in [0.4, 0.5) is 0 Å². The van der Waals surface area contributed by atoms with Crippen LogP contribution in [0.3, 0.4) is 0 Å². The summed E-state index contributed by atoms with van der Waals surface area (Å²) in [5.74, 6) is 0.368. The molecule has 1 aliphatic rings. The Kier molecular flexibility index (Phi) is 20.7. The Labute approximate surface area is 362 Å². The third kappa shape index (κ3) is 15.6. The van der Waals surface area contributed by atoms with E-state index < -0.39 is 5.60 Å². The number of aromatic nitrogens is 4. The maximum absolute atomic E-state index is 11.4. The van der Waals surface area contributed by atoms with E-state index in [0.717, 1.165) is 44.1 Å². The molecule has 0 unspecified atom stereocenters. The van der Waals surface area contributed by atoms with Crippen LogP contribution in [-0.4, -0.2) is 57.1 Å². The van der Waals surface area contributed by atoms with E-state index in [1.165, 1.54) is 24.6 Å². The van der Waals surface area contributed by atoms with Gasteiger partial charge in [-0.3, -0.25) is 4.79 Å². The van der Waals surface area contributed by atoms with Crippen molar-refractivity contribution in [2.24, 2.45) is 0 Å². The second kappa shape index (κ2) is 22.7. The topological polar surface area (TPSA) is 110 Å². The number of fused-ring (bicyclic) bond motifs is 3. The van der Waals surface area contributed by atoms with E-state index in [0.29, 0.717) is 24.5 Å². The van der Waals surface area contributed by atoms with Crippen LogP contribution >= 0.6 is 81.1 Å². The van der Waals surface area contributed by atoms with Crippen molar-refractivity contribution in [3.8, 4) is 11.3 Å². The van der Waals surface area contributed by atoms with Gasteiger partial charge in [0.2, 0.25) is 0 Å². The summed E-state index contributed by atoms with van der Waals surface area (Å²) in [6.07, 6.45) is 2.88. The summed E-state index contributed by atoms with van der Waals surface area (Å²) in [5, 5.41) is 12.0. The smallest absolute Gasteiger partial charge is 0.850 e. The summed E-state index contributed by atoms with van der Waals surface area (Å²) in [4.78, 5) is 29.8. The van der Waals surface area contributed by atoms with Crippen molar-refractivity contribution in [2.75, 3.05) is 25.6 Å². The van der Waals surface area contributed by atoms with Crippen LogP contribution in [0.2, 0.25) is 25.8 Å². The fourth-order valence-corrected chi connectivity index (χ4v) is 6.64. The van der Waals surface area contributed by atoms with Gasteiger partial charge in [0.15, 0.2) is 25.8 Å². The fourth-order valence-electron chi connectivity index (χ4n) is 3.81. The summed E-state index contributed by atoms with van der Waals surface area (Å²) in [6.45, 7) is 9.06. The van der Waals surface area contributed by atoms with Gasteiger partial charge in [0, 0.05) is 39.5 Å². The average molecular weight is 831 g/mol. The van der Waals surface area contributed by atoms with Crippen molar-refractivity contribution in [1.82, 2.24) is 19.9 Å². The first-order valence-corrected chi connectivity index (χ1v) is 18.5. The molecule has 3 aromatic heterocycles. The molecule has 8 nitrogen and oxygen atoms in total. The molecule has 1 saturated heterocycles. The van der Waals surface area contributed by atoms with Crippen molar-refractivity contribution in [3.05, 3.63) is 74.3 Å². The number of nitrogens with zero attached hydrogens (tertiary/aromatic N) is 4. The molecule has 0 amide bonds. The molecule has 0 saturated carbocycles. The van der Waals surface area contributed by atoms with E-state index >= 15 is 0 Å². The summed E-state index contributed by atoms with van der Waals surface area (Å²) >= 11 is 32.6. The molecule has 258 valence electrons. The second-order valence-corrected chi connectivity index (χ2v) is 14.8. The maximum Gasteiger partial charge on any atom is 1.00 e. The number of halogens is 5. The Hall–Kier alpha value is -0.354. The van der Waals surface area contributed by atoms with Crippen molar-refractivity contribution in [3.63, 3.8) is 0 Å². The number of benzene rings is 2. The predicted octanol–water partition coefficient (Wildman–Crippen LogP) is 7.25. The van der Waals surface area contributed by atoms with Gasteiger partial charge in [-0.05, 0) is 31.9 Å². The minimum absolute atomic E-state index is 0. The Morgan fingerprint density at radius 2 is 1.45 bits per heavy atom. The molecule has 2 aromatic carbocycles. The van der Waals surface area contributed by atoms with E-state index in [1.54, 1.807) is 39.0 Å². The normalized spacial score (nSPS) is 12.1. The number of hydrogen-bond donors (Lipinski definition) is 0. The van der Waals surface area contributed by atoms with Gasteiger partial charge in [-0.25, -0.2) is 19.9 Å². The quantitative estimate of drug-likeness (QED) is 0.0994. The summed E-state index contributed by atoms with van der Waals surface area (Å²) < 4.78 is 11.0. The van der Waals surface area contributed by atoms with Crippen LogP contribution in [0.25, 0.3) is 31.7 Å². The molecule has 5 aromatic rings. The van der Waals surface area contributed by atoms with Crippen LogP contribution in [0.5, 0.6) is 0 Å². The molecule has 0 bridgehead atoms. The summed E-state index contributed by atoms with van der Waals surface area (Å²) in [6, 6.07) is 15.6. The van der Waals surface area contributed by atoms with Gasteiger partial charge in [0.05, 0.1) is 13.0 Å². The Bertz CT molecular complexity index is 1790. The van der Waals surface area contributed by atoms with E-state index in [2.05, 4.69) is 19.9 Å². The van der Waals surface area contributed by atoms with E-state index in [4.69, 9.17) is 67.5 Å². The molecule has 49 heavy (non-hydrogen) atoms. The van der Waals surface area contributed by atoms with Gasteiger partial charge < -0.3 is 14.6 Å². The van der Waals surface area contributed by atoms with Crippen LogP contribution < -0.4 is 56.5 Å². The molecule has 6 rings (SSSR count). The van der Waals surface area contributed by atoms with E-state index in [9.17, 15) is 9.90 Å². The van der Waals surface area contributed by atoms with Gasteiger partial charge in [-0.1, -0.05) is 115 Å². The minimum atomic E-state index is -0.750. The third-order valence-electron chi connectivity index (χ3n) is 5.74. The maximum atomic E-state index is 11.4. The summed E-state index contributed by atoms with van der Waals surface area (Å²) in [7, 11) is 0. The van der Waals surface area contributed by atoms with Gasteiger partial charge in [0.1, 0.15) is 16.0 Å². The van der Waals surface area contributed by atoms with Gasteiger partial charge >= 0.3 is 57.4 Å². The van der Waals surface area contributed by atoms with Crippen LogP contribution in [0.1, 0.15) is 47.0 Å². The van der Waals surface area contributed by atoms with Crippen molar-refractivity contribution < 1.29 is 70.8 Å².